The Morgan fingerprint density at radius 2 is 2.32 bits per heavy atom. The van der Waals surface area contributed by atoms with E-state index in [-0.39, 0.29) is 11.8 Å². The Kier molecular flexibility index (Phi) is 3.08. The summed E-state index contributed by atoms with van der Waals surface area (Å²) in [6.07, 6.45) is 0. The molecule has 0 spiro atoms. The van der Waals surface area contributed by atoms with E-state index in [1.165, 1.54) is 0 Å². The fourth-order valence-electron chi connectivity index (χ4n) is 2.58. The number of aromatic nitrogens is 2. The number of hydrogen-bond donors (Lipinski definition) is 2. The average Bonchev–Trinajstić information content (AvgIpc) is 2.77. The van der Waals surface area contributed by atoms with Crippen LogP contribution in [0.25, 0.3) is 11.0 Å². The van der Waals surface area contributed by atoms with Crippen LogP contribution in [0, 0.1) is 6.92 Å². The lowest BCUT2D eigenvalue weighted by Crippen LogP contribution is -2.53. The second-order valence-corrected chi connectivity index (χ2v) is 5.12. The van der Waals surface area contributed by atoms with E-state index in [0.717, 1.165) is 42.1 Å². The molecular weight excluding hydrogens is 240 g/mol. The molecular formula is C14H18N4O. The predicted molar refractivity (Wildman–Crippen MR) is 74.4 cm³/mol. The van der Waals surface area contributed by atoms with Gasteiger partial charge in [-0.2, -0.15) is 0 Å². The van der Waals surface area contributed by atoms with Crippen molar-refractivity contribution < 1.29 is 4.79 Å². The number of benzene rings is 1. The Balaban J connectivity index is 1.92. The molecule has 1 unspecified atom stereocenters. The van der Waals surface area contributed by atoms with Crippen molar-refractivity contribution in [3.05, 3.63) is 29.6 Å². The molecule has 1 aliphatic heterocycles. The number of nitrogens with one attached hydrogen (secondary N) is 2. The minimum Gasteiger partial charge on any atom is -0.342 e. The molecule has 1 aromatic carbocycles. The van der Waals surface area contributed by atoms with Crippen LogP contribution < -0.4 is 5.32 Å². The number of imidazole rings is 1. The van der Waals surface area contributed by atoms with Gasteiger partial charge in [0.1, 0.15) is 5.82 Å². The number of nitrogens with zero attached hydrogens (tertiary/aromatic N) is 2. The summed E-state index contributed by atoms with van der Waals surface area (Å²) < 4.78 is 0. The molecule has 3 rings (SSSR count). The number of carbonyl (C=O) groups is 1. The van der Waals surface area contributed by atoms with Gasteiger partial charge >= 0.3 is 0 Å². The molecule has 2 N–H and O–H groups in total. The average molecular weight is 258 g/mol. The van der Waals surface area contributed by atoms with Crippen LogP contribution in [0.1, 0.15) is 16.2 Å². The summed E-state index contributed by atoms with van der Waals surface area (Å²) in [5.74, 6) is 1.04. The molecule has 0 radical (unpaired) electrons. The molecule has 0 aliphatic carbocycles. The summed E-state index contributed by atoms with van der Waals surface area (Å²) in [4.78, 5) is 22.2. The third kappa shape index (κ3) is 2.27. The molecule has 5 heteroatoms. The summed E-state index contributed by atoms with van der Waals surface area (Å²) >= 11 is 0. The van der Waals surface area contributed by atoms with Crippen LogP contribution in [0.5, 0.6) is 0 Å². The zero-order valence-electron chi connectivity index (χ0n) is 11.2. The number of Topliss-reactive ketones (excluding diaryl/α,β-unsaturated/α-hetero) is 1. The third-order valence-corrected chi connectivity index (χ3v) is 3.70. The van der Waals surface area contributed by atoms with Gasteiger partial charge in [0.15, 0.2) is 5.78 Å². The minimum absolute atomic E-state index is 0.0739. The van der Waals surface area contributed by atoms with Gasteiger partial charge in [0.25, 0.3) is 0 Å². The van der Waals surface area contributed by atoms with E-state index in [4.69, 9.17) is 0 Å². The molecule has 2 aromatic rings. The van der Waals surface area contributed by atoms with Crippen LogP contribution in [-0.2, 0) is 0 Å². The number of fused-ring (bicyclic) bond motifs is 1. The van der Waals surface area contributed by atoms with Crippen LogP contribution in [0.2, 0.25) is 0 Å². The highest BCUT2D eigenvalue weighted by atomic mass is 16.1. The highest BCUT2D eigenvalue weighted by Gasteiger charge is 2.26. The molecule has 1 fully saturated rings. The van der Waals surface area contributed by atoms with Crippen molar-refractivity contribution in [2.75, 3.05) is 26.7 Å². The number of ketones is 1. The summed E-state index contributed by atoms with van der Waals surface area (Å²) in [5.41, 5.74) is 2.58. The van der Waals surface area contributed by atoms with Gasteiger partial charge in [0.2, 0.25) is 0 Å². The van der Waals surface area contributed by atoms with Gasteiger partial charge < -0.3 is 10.3 Å². The van der Waals surface area contributed by atoms with Crippen LogP contribution in [0.3, 0.4) is 0 Å². The maximum atomic E-state index is 12.5. The maximum absolute atomic E-state index is 12.5. The summed E-state index contributed by atoms with van der Waals surface area (Å²) in [6, 6.07) is 5.60. The summed E-state index contributed by atoms with van der Waals surface area (Å²) in [6.45, 7) is 4.48. The topological polar surface area (TPSA) is 61.0 Å². The predicted octanol–water partition coefficient (Wildman–Crippen LogP) is 0.958. The molecule has 1 atom stereocenters. The summed E-state index contributed by atoms with van der Waals surface area (Å²) in [5, 5.41) is 3.27. The van der Waals surface area contributed by atoms with Crippen molar-refractivity contribution in [2.45, 2.75) is 13.0 Å². The van der Waals surface area contributed by atoms with Crippen LogP contribution in [0.4, 0.5) is 0 Å². The van der Waals surface area contributed by atoms with E-state index in [1.54, 1.807) is 0 Å². The standard InChI is InChI=1S/C14H18N4O/c1-9-16-11-4-3-10(7-12(11)17-9)14(19)13-8-15-5-6-18(13)2/h3-4,7,13,15H,5-6,8H2,1-2H3,(H,16,17). The third-order valence-electron chi connectivity index (χ3n) is 3.70. The van der Waals surface area contributed by atoms with E-state index in [9.17, 15) is 4.79 Å². The molecule has 1 aromatic heterocycles. The molecule has 5 nitrogen and oxygen atoms in total. The fraction of sp³-hybridized carbons (Fsp3) is 0.429. The second kappa shape index (κ2) is 4.75. The molecule has 19 heavy (non-hydrogen) atoms. The van der Waals surface area contributed by atoms with E-state index >= 15 is 0 Å². The normalized spacial score (nSPS) is 20.8. The van der Waals surface area contributed by atoms with Crippen molar-refractivity contribution >= 4 is 16.8 Å². The van der Waals surface area contributed by atoms with Gasteiger partial charge in [-0.3, -0.25) is 9.69 Å². The maximum Gasteiger partial charge on any atom is 0.181 e. The van der Waals surface area contributed by atoms with Gasteiger partial charge in [-0.05, 0) is 32.2 Å². The van der Waals surface area contributed by atoms with E-state index in [2.05, 4.69) is 20.2 Å². The van der Waals surface area contributed by atoms with Crippen molar-refractivity contribution in [1.82, 2.24) is 20.2 Å². The van der Waals surface area contributed by atoms with Crippen molar-refractivity contribution in [3.63, 3.8) is 0 Å². The number of aryl methyl sites for hydroxylation is 1. The van der Waals surface area contributed by atoms with Gasteiger partial charge in [0.05, 0.1) is 17.1 Å². The number of carbonyl (C=O) groups excluding carboxylic acids is 1. The zero-order valence-corrected chi connectivity index (χ0v) is 11.2. The van der Waals surface area contributed by atoms with Crippen molar-refractivity contribution in [1.29, 1.82) is 0 Å². The lowest BCUT2D eigenvalue weighted by atomic mass is 10.0. The lowest BCUT2D eigenvalue weighted by molar-refractivity contribution is 0.0819. The SMILES string of the molecule is Cc1nc2ccc(C(=O)C3CNCCN3C)cc2[nH]1. The quantitative estimate of drug-likeness (QED) is 0.788. The first-order chi connectivity index (χ1) is 9.15. The van der Waals surface area contributed by atoms with E-state index < -0.39 is 0 Å². The number of likely N-dealkylation sites (N-methyl/N-ethyl adjacent to an activating group) is 1. The molecule has 0 saturated carbocycles. The van der Waals surface area contributed by atoms with E-state index in [0.29, 0.717) is 0 Å². The Labute approximate surface area is 112 Å². The number of hydrogen-bond acceptors (Lipinski definition) is 4. The van der Waals surface area contributed by atoms with Crippen molar-refractivity contribution in [3.8, 4) is 0 Å². The molecule has 100 valence electrons. The number of H-pyrrole nitrogens is 1. The molecule has 0 bridgehead atoms. The van der Waals surface area contributed by atoms with Crippen LogP contribution >= 0.6 is 0 Å². The summed E-state index contributed by atoms with van der Waals surface area (Å²) in [7, 11) is 2.00. The van der Waals surface area contributed by atoms with Crippen LogP contribution in [-0.4, -0.2) is 53.4 Å². The smallest absolute Gasteiger partial charge is 0.181 e. The van der Waals surface area contributed by atoms with Gasteiger partial charge in [-0.25, -0.2) is 4.98 Å². The van der Waals surface area contributed by atoms with Gasteiger partial charge in [-0.1, -0.05) is 0 Å². The second-order valence-electron chi connectivity index (χ2n) is 5.12. The molecule has 1 aliphatic rings. The molecule has 1 saturated heterocycles. The highest BCUT2D eigenvalue weighted by molar-refractivity contribution is 6.02. The van der Waals surface area contributed by atoms with Gasteiger partial charge in [-0.15, -0.1) is 0 Å². The monoisotopic (exact) mass is 258 g/mol. The number of piperazine rings is 1. The minimum atomic E-state index is -0.0739. The Bertz CT molecular complexity index is 619. The first-order valence-corrected chi connectivity index (χ1v) is 6.57. The van der Waals surface area contributed by atoms with E-state index in [1.807, 2.05) is 32.2 Å². The van der Waals surface area contributed by atoms with Gasteiger partial charge in [0, 0.05) is 25.2 Å². The Morgan fingerprint density at radius 3 is 3.11 bits per heavy atom. The van der Waals surface area contributed by atoms with Crippen LogP contribution in [0.15, 0.2) is 18.2 Å². The highest BCUT2D eigenvalue weighted by Crippen LogP contribution is 2.16. The molecule has 2 heterocycles. The zero-order chi connectivity index (χ0) is 13.4. The Hall–Kier alpha value is -1.72. The first-order valence-electron chi connectivity index (χ1n) is 6.57. The molecule has 0 amide bonds. The number of aromatic amines is 1. The first kappa shape index (κ1) is 12.3. The fourth-order valence-corrected chi connectivity index (χ4v) is 2.58. The number of rotatable bonds is 2. The van der Waals surface area contributed by atoms with Crippen molar-refractivity contribution in [2.24, 2.45) is 0 Å². The largest absolute Gasteiger partial charge is 0.342 e. The Morgan fingerprint density at radius 1 is 1.47 bits per heavy atom. The lowest BCUT2D eigenvalue weighted by Gasteiger charge is -2.31.